The number of rotatable bonds is 6. The first-order valence-corrected chi connectivity index (χ1v) is 12.6. The summed E-state index contributed by atoms with van der Waals surface area (Å²) >= 11 is 0. The highest BCUT2D eigenvalue weighted by Crippen LogP contribution is 2.38. The first-order valence-electron chi connectivity index (χ1n) is 12.6. The molecule has 198 valence electrons. The molecular formula is C27H29F2N7O2. The van der Waals surface area contributed by atoms with Gasteiger partial charge in [0.2, 0.25) is 0 Å². The van der Waals surface area contributed by atoms with Crippen molar-refractivity contribution in [2.45, 2.75) is 39.3 Å². The Balaban J connectivity index is 1.56. The fourth-order valence-corrected chi connectivity index (χ4v) is 5.04. The number of carbonyl (C=O) groups excluding carboxylic acids is 1. The first kappa shape index (κ1) is 25.5. The molecule has 0 spiro atoms. The summed E-state index contributed by atoms with van der Waals surface area (Å²) in [5.74, 6) is -2.27. The molecule has 0 unspecified atom stereocenters. The second kappa shape index (κ2) is 9.97. The minimum atomic E-state index is -0.970. The zero-order valence-corrected chi connectivity index (χ0v) is 21.4. The summed E-state index contributed by atoms with van der Waals surface area (Å²) < 4.78 is 31.2. The lowest BCUT2D eigenvalue weighted by atomic mass is 10.0. The summed E-state index contributed by atoms with van der Waals surface area (Å²) in [6, 6.07) is 9.29. The number of para-hydroxylation sites is 1. The summed E-state index contributed by atoms with van der Waals surface area (Å²) in [5.41, 5.74) is 7.05. The van der Waals surface area contributed by atoms with Gasteiger partial charge in [-0.05, 0) is 50.1 Å². The Morgan fingerprint density at radius 2 is 1.84 bits per heavy atom. The number of hydrogen-bond donors (Lipinski definition) is 2. The third kappa shape index (κ3) is 4.43. The van der Waals surface area contributed by atoms with Crippen molar-refractivity contribution >= 4 is 28.2 Å². The monoisotopic (exact) mass is 521 g/mol. The fraction of sp³-hybridized carbons (Fsp3) is 0.333. The van der Waals surface area contributed by atoms with Crippen LogP contribution in [0, 0.1) is 17.6 Å². The van der Waals surface area contributed by atoms with Crippen LogP contribution in [0.4, 0.5) is 20.2 Å². The highest BCUT2D eigenvalue weighted by molar-refractivity contribution is 6.09. The molecule has 1 amide bonds. The van der Waals surface area contributed by atoms with Gasteiger partial charge in [0, 0.05) is 36.6 Å². The largest absolute Gasteiger partial charge is 0.367 e. The second-order valence-electron chi connectivity index (χ2n) is 9.81. The van der Waals surface area contributed by atoms with Crippen molar-refractivity contribution in [2.75, 3.05) is 23.3 Å². The van der Waals surface area contributed by atoms with Gasteiger partial charge in [-0.3, -0.25) is 14.3 Å². The Hall–Kier alpha value is -4.12. The highest BCUT2D eigenvalue weighted by atomic mass is 19.1. The molecule has 0 radical (unpaired) electrons. The lowest BCUT2D eigenvalue weighted by Crippen LogP contribution is -2.30. The molecule has 3 N–H and O–H groups in total. The van der Waals surface area contributed by atoms with Gasteiger partial charge in [-0.1, -0.05) is 19.4 Å². The molecule has 3 heterocycles. The maximum absolute atomic E-state index is 14.4. The number of carbonyl (C=O) groups is 1. The molecule has 0 aliphatic carbocycles. The third-order valence-corrected chi connectivity index (χ3v) is 7.00. The molecule has 1 aliphatic heterocycles. The summed E-state index contributed by atoms with van der Waals surface area (Å²) in [6.07, 6.45) is 2.71. The van der Waals surface area contributed by atoms with Gasteiger partial charge in [0.25, 0.3) is 11.5 Å². The summed E-state index contributed by atoms with van der Waals surface area (Å²) in [4.78, 5) is 27.9. The van der Waals surface area contributed by atoms with Gasteiger partial charge in [0.05, 0.1) is 23.1 Å². The molecule has 1 aliphatic rings. The zero-order chi connectivity index (χ0) is 27.1. The van der Waals surface area contributed by atoms with Gasteiger partial charge >= 0.3 is 0 Å². The molecule has 11 heteroatoms. The topological polar surface area (TPSA) is 111 Å². The maximum Gasteiger partial charge on any atom is 0.276 e. The first-order chi connectivity index (χ1) is 18.2. The predicted octanol–water partition coefficient (Wildman–Crippen LogP) is 3.87. The van der Waals surface area contributed by atoms with E-state index in [1.807, 2.05) is 24.6 Å². The smallest absolute Gasteiger partial charge is 0.276 e. The standard InChI is InChI=1S/C27H29F2N7O2/c1-4-16-13-34(14-20(16)30)25-17-12-31-35(15(2)3)23(17)10-8-21(25)32-27(38)22-9-11-24(37)36(33-22)26-18(28)6-5-7-19(26)29/h5-12,15-16,20H,4,13-14,30H2,1-3H3,(H,32,38)/t16-,20+/m0/s1. The van der Waals surface area contributed by atoms with E-state index in [9.17, 15) is 18.4 Å². The Kier molecular flexibility index (Phi) is 6.70. The van der Waals surface area contributed by atoms with Crippen LogP contribution in [0.1, 0.15) is 43.7 Å². The Labute approximate surface area is 217 Å². The van der Waals surface area contributed by atoms with Gasteiger partial charge in [0.1, 0.15) is 11.4 Å². The van der Waals surface area contributed by atoms with Crippen molar-refractivity contribution < 1.29 is 13.6 Å². The maximum atomic E-state index is 14.4. The molecule has 2 aromatic carbocycles. The van der Waals surface area contributed by atoms with Crippen molar-refractivity contribution in [1.82, 2.24) is 19.6 Å². The number of aromatic nitrogens is 4. The van der Waals surface area contributed by atoms with Gasteiger partial charge in [-0.15, -0.1) is 0 Å². The van der Waals surface area contributed by atoms with Crippen LogP contribution >= 0.6 is 0 Å². The Morgan fingerprint density at radius 3 is 2.50 bits per heavy atom. The average Bonchev–Trinajstić information content (AvgIpc) is 3.48. The lowest BCUT2D eigenvalue weighted by molar-refractivity contribution is 0.102. The molecule has 0 bridgehead atoms. The zero-order valence-electron chi connectivity index (χ0n) is 21.4. The number of anilines is 2. The van der Waals surface area contributed by atoms with Crippen LogP contribution in [-0.2, 0) is 0 Å². The average molecular weight is 522 g/mol. The summed E-state index contributed by atoms with van der Waals surface area (Å²) in [6.45, 7) is 7.53. The van der Waals surface area contributed by atoms with Crippen molar-refractivity contribution in [2.24, 2.45) is 11.7 Å². The molecule has 4 aromatic rings. The molecule has 1 fully saturated rings. The van der Waals surface area contributed by atoms with Crippen LogP contribution in [0.5, 0.6) is 0 Å². The molecule has 9 nitrogen and oxygen atoms in total. The molecule has 0 saturated carbocycles. The highest BCUT2D eigenvalue weighted by Gasteiger charge is 2.32. The van der Waals surface area contributed by atoms with Gasteiger partial charge in [-0.2, -0.15) is 14.9 Å². The van der Waals surface area contributed by atoms with Crippen LogP contribution < -0.4 is 21.5 Å². The number of benzene rings is 2. The van der Waals surface area contributed by atoms with E-state index in [1.54, 1.807) is 12.3 Å². The van der Waals surface area contributed by atoms with Gasteiger partial charge in [0.15, 0.2) is 11.6 Å². The van der Waals surface area contributed by atoms with Crippen molar-refractivity contribution in [1.29, 1.82) is 0 Å². The van der Waals surface area contributed by atoms with Gasteiger partial charge in [-0.25, -0.2) is 8.78 Å². The number of fused-ring (bicyclic) bond motifs is 1. The van der Waals surface area contributed by atoms with Crippen LogP contribution in [0.3, 0.4) is 0 Å². The normalized spacial score (nSPS) is 17.5. The molecular weight excluding hydrogens is 492 g/mol. The van der Waals surface area contributed by atoms with E-state index in [0.29, 0.717) is 22.8 Å². The van der Waals surface area contributed by atoms with Crippen molar-refractivity contribution in [3.05, 3.63) is 76.3 Å². The van der Waals surface area contributed by atoms with Crippen LogP contribution in [0.15, 0.2) is 53.5 Å². The molecule has 2 aromatic heterocycles. The lowest BCUT2D eigenvalue weighted by Gasteiger charge is -2.23. The van der Waals surface area contributed by atoms with E-state index in [4.69, 9.17) is 5.73 Å². The summed E-state index contributed by atoms with van der Waals surface area (Å²) in [7, 11) is 0. The minimum Gasteiger partial charge on any atom is -0.367 e. The number of nitrogens with two attached hydrogens (primary N) is 1. The quantitative estimate of drug-likeness (QED) is 0.399. The van der Waals surface area contributed by atoms with E-state index in [-0.39, 0.29) is 17.8 Å². The van der Waals surface area contributed by atoms with Crippen molar-refractivity contribution in [3.63, 3.8) is 0 Å². The van der Waals surface area contributed by atoms with E-state index in [0.717, 1.165) is 47.8 Å². The van der Waals surface area contributed by atoms with E-state index >= 15 is 0 Å². The van der Waals surface area contributed by atoms with Crippen molar-refractivity contribution in [3.8, 4) is 5.69 Å². The SMILES string of the molecule is CC[C@H]1CN(c2c(NC(=O)c3ccc(=O)n(-c4c(F)cccc4F)n3)ccc3c2cnn3C(C)C)C[C@H]1N. The number of amides is 1. The van der Waals surface area contributed by atoms with Crippen LogP contribution in [0.2, 0.25) is 0 Å². The second-order valence-corrected chi connectivity index (χ2v) is 9.81. The van der Waals surface area contributed by atoms with E-state index in [1.165, 1.54) is 12.1 Å². The minimum absolute atomic E-state index is 0.0140. The fourth-order valence-electron chi connectivity index (χ4n) is 5.04. The van der Waals surface area contributed by atoms with E-state index < -0.39 is 28.8 Å². The number of nitrogens with one attached hydrogen (secondary N) is 1. The van der Waals surface area contributed by atoms with Crippen LogP contribution in [-0.4, -0.2) is 44.6 Å². The molecule has 2 atom stereocenters. The Bertz CT molecular complexity index is 1560. The molecule has 1 saturated heterocycles. The number of halogens is 2. The molecule has 5 rings (SSSR count). The van der Waals surface area contributed by atoms with Crippen LogP contribution in [0.25, 0.3) is 16.6 Å². The summed E-state index contributed by atoms with van der Waals surface area (Å²) in [5, 5.41) is 12.3. The number of nitrogens with zero attached hydrogens (tertiary/aromatic N) is 5. The third-order valence-electron chi connectivity index (χ3n) is 7.00. The molecule has 38 heavy (non-hydrogen) atoms. The van der Waals surface area contributed by atoms with E-state index in [2.05, 4.69) is 27.3 Å². The number of hydrogen-bond acceptors (Lipinski definition) is 6. The Morgan fingerprint density at radius 1 is 1.11 bits per heavy atom. The van der Waals surface area contributed by atoms with Gasteiger partial charge < -0.3 is 16.0 Å². The predicted molar refractivity (Wildman–Crippen MR) is 142 cm³/mol.